The Bertz CT molecular complexity index is 1130. The van der Waals surface area contributed by atoms with Gasteiger partial charge in [0.15, 0.2) is 5.06 Å². The second kappa shape index (κ2) is 7.42. The molecule has 0 radical (unpaired) electrons. The van der Waals surface area contributed by atoms with Crippen molar-refractivity contribution in [3.8, 4) is 22.1 Å². The standard InChI is InChI=1S/C19H20N3O5PS/c1-22-16-12(10-21-22)4-7-14-15(16)19(29-17(14)18(20)23)27-13-5-2-11(3-6-13)8-9-28(24,25)26/h2-3,5-6,10H,4,7-9H2,1H3,(H2,20,23)(H2,24,25,26). The van der Waals surface area contributed by atoms with E-state index in [1.165, 1.54) is 11.3 Å². The lowest BCUT2D eigenvalue weighted by Crippen LogP contribution is -2.13. The van der Waals surface area contributed by atoms with Crippen LogP contribution in [0.25, 0.3) is 11.3 Å². The van der Waals surface area contributed by atoms with Crippen LogP contribution in [0.4, 0.5) is 0 Å². The van der Waals surface area contributed by atoms with Gasteiger partial charge in [-0.15, -0.1) is 0 Å². The molecular formula is C19H20N3O5PS. The van der Waals surface area contributed by atoms with Gasteiger partial charge in [0.05, 0.1) is 28.5 Å². The average Bonchev–Trinajstić information content (AvgIpc) is 3.21. The van der Waals surface area contributed by atoms with Crippen molar-refractivity contribution in [1.29, 1.82) is 0 Å². The largest absolute Gasteiger partial charge is 0.446 e. The third-order valence-corrected chi connectivity index (χ3v) is 6.85. The van der Waals surface area contributed by atoms with Crippen LogP contribution in [0.5, 0.6) is 10.8 Å². The van der Waals surface area contributed by atoms with Crippen molar-refractivity contribution in [1.82, 2.24) is 9.78 Å². The van der Waals surface area contributed by atoms with Gasteiger partial charge in [-0.05, 0) is 48.1 Å². The molecule has 1 aromatic carbocycles. The lowest BCUT2D eigenvalue weighted by Gasteiger charge is -2.16. The number of nitrogens with two attached hydrogens (primary N) is 1. The normalized spacial score (nSPS) is 13.1. The van der Waals surface area contributed by atoms with Crippen molar-refractivity contribution in [2.75, 3.05) is 6.16 Å². The number of aryl methyl sites for hydroxylation is 3. The molecule has 0 atom stereocenters. The molecule has 29 heavy (non-hydrogen) atoms. The molecule has 4 rings (SSSR count). The number of carbonyl (C=O) groups is 1. The number of primary amides is 1. The zero-order valence-corrected chi connectivity index (χ0v) is 17.4. The van der Waals surface area contributed by atoms with Gasteiger partial charge in [0.25, 0.3) is 5.91 Å². The van der Waals surface area contributed by atoms with E-state index in [4.69, 9.17) is 20.3 Å². The number of amides is 1. The van der Waals surface area contributed by atoms with Gasteiger partial charge in [0.1, 0.15) is 5.75 Å². The average molecular weight is 433 g/mol. The van der Waals surface area contributed by atoms with E-state index in [1.54, 1.807) is 28.9 Å². The van der Waals surface area contributed by atoms with Gasteiger partial charge < -0.3 is 20.3 Å². The lowest BCUT2D eigenvalue weighted by molar-refractivity contribution is 0.100. The van der Waals surface area contributed by atoms with Crippen LogP contribution in [0, 0.1) is 0 Å². The number of rotatable bonds is 6. The van der Waals surface area contributed by atoms with E-state index in [1.807, 2.05) is 13.2 Å². The second-order valence-electron chi connectivity index (χ2n) is 6.96. The van der Waals surface area contributed by atoms with Gasteiger partial charge in [-0.2, -0.15) is 5.10 Å². The van der Waals surface area contributed by atoms with Crippen molar-refractivity contribution < 1.29 is 23.9 Å². The number of ether oxygens (including phenoxy) is 1. The third kappa shape index (κ3) is 4.00. The summed E-state index contributed by atoms with van der Waals surface area (Å²) in [6, 6.07) is 7.04. The maximum Gasteiger partial charge on any atom is 0.325 e. The summed E-state index contributed by atoms with van der Waals surface area (Å²) in [7, 11) is -2.17. The van der Waals surface area contributed by atoms with Crippen LogP contribution in [0.1, 0.15) is 26.4 Å². The highest BCUT2D eigenvalue weighted by Crippen LogP contribution is 2.48. The summed E-state index contributed by atoms with van der Waals surface area (Å²) >= 11 is 1.23. The first-order chi connectivity index (χ1) is 13.7. The Morgan fingerprint density at radius 2 is 2.03 bits per heavy atom. The van der Waals surface area contributed by atoms with Crippen LogP contribution >= 0.6 is 18.9 Å². The Hall–Kier alpha value is -2.45. The van der Waals surface area contributed by atoms with Crippen LogP contribution in [0.15, 0.2) is 30.5 Å². The highest BCUT2D eigenvalue weighted by Gasteiger charge is 2.30. The molecule has 1 aliphatic rings. The maximum atomic E-state index is 12.0. The molecule has 3 aromatic rings. The van der Waals surface area contributed by atoms with Gasteiger partial charge in [-0.25, -0.2) is 0 Å². The number of thiophene rings is 1. The molecule has 0 spiro atoms. The molecule has 0 saturated heterocycles. The SMILES string of the molecule is Cn1ncc2c1-c1c(Oc3ccc(CCP(=O)(O)O)cc3)sc(C(N)=O)c1CC2. The lowest BCUT2D eigenvalue weighted by atomic mass is 9.91. The molecule has 4 N–H and O–H groups in total. The molecule has 2 heterocycles. The number of benzene rings is 1. The van der Waals surface area contributed by atoms with E-state index >= 15 is 0 Å². The maximum absolute atomic E-state index is 12.0. The fraction of sp³-hybridized carbons (Fsp3) is 0.263. The summed E-state index contributed by atoms with van der Waals surface area (Å²) in [4.78, 5) is 30.5. The molecule has 0 saturated carbocycles. The molecule has 0 unspecified atom stereocenters. The Morgan fingerprint density at radius 1 is 1.31 bits per heavy atom. The van der Waals surface area contributed by atoms with Gasteiger partial charge in [-0.3, -0.25) is 14.0 Å². The number of hydrogen-bond acceptors (Lipinski definition) is 5. The zero-order valence-electron chi connectivity index (χ0n) is 15.7. The van der Waals surface area contributed by atoms with Gasteiger partial charge in [0.2, 0.25) is 0 Å². The number of nitrogens with zero attached hydrogens (tertiary/aromatic N) is 2. The van der Waals surface area contributed by atoms with E-state index in [2.05, 4.69) is 5.10 Å². The molecular weight excluding hydrogens is 413 g/mol. The highest BCUT2D eigenvalue weighted by atomic mass is 32.1. The van der Waals surface area contributed by atoms with Crippen LogP contribution in [0.3, 0.4) is 0 Å². The van der Waals surface area contributed by atoms with Crippen molar-refractivity contribution >= 4 is 24.8 Å². The quantitative estimate of drug-likeness (QED) is 0.513. The van der Waals surface area contributed by atoms with Crippen LogP contribution in [0.2, 0.25) is 0 Å². The topological polar surface area (TPSA) is 128 Å². The molecule has 0 fully saturated rings. The third-order valence-electron chi connectivity index (χ3n) is 4.92. The summed E-state index contributed by atoms with van der Waals surface area (Å²) < 4.78 is 18.9. The van der Waals surface area contributed by atoms with Gasteiger partial charge >= 0.3 is 7.60 Å². The molecule has 152 valence electrons. The number of carbonyl (C=O) groups excluding carboxylic acids is 1. The number of fused-ring (bicyclic) bond motifs is 3. The smallest absolute Gasteiger partial charge is 0.325 e. The van der Waals surface area contributed by atoms with E-state index in [0.29, 0.717) is 22.1 Å². The molecule has 2 aromatic heterocycles. The zero-order chi connectivity index (χ0) is 20.8. The molecule has 0 bridgehead atoms. The summed E-state index contributed by atoms with van der Waals surface area (Å²) in [5, 5.41) is 4.92. The van der Waals surface area contributed by atoms with Crippen molar-refractivity contribution in [3.63, 3.8) is 0 Å². The predicted octanol–water partition coefficient (Wildman–Crippen LogP) is 2.86. The Kier molecular flexibility index (Phi) is 5.08. The minimum atomic E-state index is -4.03. The fourth-order valence-electron chi connectivity index (χ4n) is 3.54. The molecule has 8 nitrogen and oxygen atoms in total. The monoisotopic (exact) mass is 433 g/mol. The Balaban J connectivity index is 1.66. The van der Waals surface area contributed by atoms with Crippen LogP contribution in [-0.2, 0) is 30.9 Å². The molecule has 1 aliphatic carbocycles. The predicted molar refractivity (Wildman–Crippen MR) is 110 cm³/mol. The second-order valence-corrected chi connectivity index (χ2v) is 9.72. The highest BCUT2D eigenvalue weighted by molar-refractivity contribution is 7.51. The minimum absolute atomic E-state index is 0.198. The Labute approximate surface area is 171 Å². The van der Waals surface area contributed by atoms with Crippen LogP contribution in [-0.4, -0.2) is 31.6 Å². The number of hydrogen-bond donors (Lipinski definition) is 3. The number of aromatic nitrogens is 2. The van der Waals surface area contributed by atoms with Crippen molar-refractivity contribution in [2.24, 2.45) is 12.8 Å². The first kappa shape index (κ1) is 19.8. The van der Waals surface area contributed by atoms with E-state index < -0.39 is 13.5 Å². The summed E-state index contributed by atoms with van der Waals surface area (Å²) in [5.41, 5.74) is 10.2. The molecule has 10 heteroatoms. The van der Waals surface area contributed by atoms with Crippen molar-refractivity contribution in [3.05, 3.63) is 52.0 Å². The Morgan fingerprint density at radius 3 is 2.69 bits per heavy atom. The van der Waals surface area contributed by atoms with Gasteiger partial charge in [-0.1, -0.05) is 23.5 Å². The van der Waals surface area contributed by atoms with Crippen LogP contribution < -0.4 is 10.5 Å². The van der Waals surface area contributed by atoms with Gasteiger partial charge in [0, 0.05) is 7.05 Å². The fourth-order valence-corrected chi connectivity index (χ4v) is 5.17. The molecule has 0 aliphatic heterocycles. The minimum Gasteiger partial charge on any atom is -0.446 e. The van der Waals surface area contributed by atoms with E-state index in [9.17, 15) is 9.36 Å². The van der Waals surface area contributed by atoms with E-state index in [0.717, 1.165) is 34.4 Å². The molecule has 1 amide bonds. The first-order valence-corrected chi connectivity index (χ1v) is 11.6. The summed E-state index contributed by atoms with van der Waals surface area (Å²) in [6.45, 7) is 0. The van der Waals surface area contributed by atoms with Crippen molar-refractivity contribution in [2.45, 2.75) is 19.3 Å². The summed E-state index contributed by atoms with van der Waals surface area (Å²) in [6.07, 6.45) is 3.41. The van der Waals surface area contributed by atoms with E-state index in [-0.39, 0.29) is 12.6 Å². The first-order valence-electron chi connectivity index (χ1n) is 9.01. The summed E-state index contributed by atoms with van der Waals surface area (Å²) in [5.74, 6) is 0.0961.